The van der Waals surface area contributed by atoms with E-state index in [2.05, 4.69) is 20.4 Å². The van der Waals surface area contributed by atoms with E-state index in [1.807, 2.05) is 20.8 Å². The Morgan fingerprint density at radius 2 is 2.00 bits per heavy atom. The van der Waals surface area contributed by atoms with E-state index < -0.39 is 18.0 Å². The third-order valence-corrected chi connectivity index (χ3v) is 6.31. The Hall–Kier alpha value is -3.34. The Labute approximate surface area is 197 Å². The number of ether oxygens (including phenoxy) is 1. The van der Waals surface area contributed by atoms with E-state index in [1.54, 1.807) is 0 Å². The molecule has 11 heteroatoms. The fourth-order valence-electron chi connectivity index (χ4n) is 4.66. The van der Waals surface area contributed by atoms with Gasteiger partial charge in [-0.05, 0) is 43.9 Å². The van der Waals surface area contributed by atoms with Crippen molar-refractivity contribution in [2.24, 2.45) is 16.9 Å². The zero-order valence-corrected chi connectivity index (χ0v) is 19.8. The van der Waals surface area contributed by atoms with Gasteiger partial charge in [0.1, 0.15) is 11.9 Å². The zero-order valence-electron chi connectivity index (χ0n) is 19.8. The number of Topliss-reactive ketones (excluding diaryl/α,β-unsaturated/α-hetero) is 1. The summed E-state index contributed by atoms with van der Waals surface area (Å²) < 4.78 is 6.98. The maximum Gasteiger partial charge on any atom is 0.343 e. The molecule has 1 amide bonds. The molecule has 5 N–H and O–H groups in total. The van der Waals surface area contributed by atoms with Gasteiger partial charge in [-0.25, -0.2) is 14.5 Å². The number of nitrogens with two attached hydrogens (primary N) is 2. The summed E-state index contributed by atoms with van der Waals surface area (Å²) in [5.41, 5.74) is 13.2. The van der Waals surface area contributed by atoms with Gasteiger partial charge in [-0.3, -0.25) is 9.59 Å². The number of hydrogen-bond acceptors (Lipinski definition) is 9. The van der Waals surface area contributed by atoms with E-state index in [4.69, 9.17) is 16.2 Å². The van der Waals surface area contributed by atoms with Crippen LogP contribution in [0, 0.1) is 5.41 Å². The minimum Gasteiger partial charge on any atom is -0.460 e. The summed E-state index contributed by atoms with van der Waals surface area (Å²) in [6.45, 7) is 5.98. The summed E-state index contributed by atoms with van der Waals surface area (Å²) in [6, 6.07) is 0. The molecule has 34 heavy (non-hydrogen) atoms. The molecule has 0 spiro atoms. The van der Waals surface area contributed by atoms with E-state index >= 15 is 0 Å². The van der Waals surface area contributed by atoms with Gasteiger partial charge in [-0.2, -0.15) is 10.1 Å². The topological polar surface area (TPSA) is 168 Å². The number of anilines is 1. The third kappa shape index (κ3) is 4.65. The van der Waals surface area contributed by atoms with Crippen molar-refractivity contribution in [2.45, 2.75) is 78.0 Å². The molecule has 2 aromatic rings. The molecule has 1 unspecified atom stereocenters. The predicted octanol–water partition coefficient (Wildman–Crippen LogP) is 1.66. The highest BCUT2D eigenvalue weighted by Gasteiger charge is 2.37. The summed E-state index contributed by atoms with van der Waals surface area (Å²) in [6.07, 6.45) is 5.11. The number of nitrogens with zero attached hydrogens (tertiary/aromatic N) is 4. The first-order valence-electron chi connectivity index (χ1n) is 11.6. The van der Waals surface area contributed by atoms with Crippen LogP contribution < -0.4 is 16.8 Å². The number of fused-ring (bicyclic) bond motifs is 1. The molecule has 2 aromatic heterocycles. The van der Waals surface area contributed by atoms with Crippen molar-refractivity contribution in [1.82, 2.24) is 19.7 Å². The van der Waals surface area contributed by atoms with Crippen molar-refractivity contribution >= 4 is 23.5 Å². The van der Waals surface area contributed by atoms with Gasteiger partial charge >= 0.3 is 5.97 Å². The van der Waals surface area contributed by atoms with E-state index in [1.165, 1.54) is 10.9 Å². The molecule has 0 aliphatic heterocycles. The van der Waals surface area contributed by atoms with Gasteiger partial charge in [0.05, 0.1) is 22.5 Å². The third-order valence-electron chi connectivity index (χ3n) is 6.31. The molecule has 1 atom stereocenters. The summed E-state index contributed by atoms with van der Waals surface area (Å²) in [5.74, 6) is -1.24. The number of carbonyl (C=O) groups is 3. The number of ketones is 1. The highest BCUT2D eigenvalue weighted by Crippen LogP contribution is 2.37. The number of nitrogens with one attached hydrogen (secondary N) is 1. The Balaban J connectivity index is 1.68. The smallest absolute Gasteiger partial charge is 0.343 e. The van der Waals surface area contributed by atoms with Crippen molar-refractivity contribution in [3.05, 3.63) is 28.7 Å². The van der Waals surface area contributed by atoms with Crippen molar-refractivity contribution in [1.29, 1.82) is 0 Å². The van der Waals surface area contributed by atoms with Crippen LogP contribution in [0.5, 0.6) is 0 Å². The van der Waals surface area contributed by atoms with Crippen LogP contribution in [0.15, 0.2) is 6.20 Å². The van der Waals surface area contributed by atoms with Gasteiger partial charge in [0.15, 0.2) is 11.9 Å². The molecule has 0 bridgehead atoms. The number of aryl methyl sites for hydroxylation is 1. The van der Waals surface area contributed by atoms with Crippen LogP contribution in [-0.2, 0) is 22.4 Å². The quantitative estimate of drug-likeness (QED) is 0.403. The minimum atomic E-state index is -1.25. The highest BCUT2D eigenvalue weighted by molar-refractivity contribution is 6.00. The van der Waals surface area contributed by atoms with E-state index in [0.29, 0.717) is 30.5 Å². The van der Waals surface area contributed by atoms with Crippen LogP contribution in [0.3, 0.4) is 0 Å². The fourth-order valence-corrected chi connectivity index (χ4v) is 4.66. The van der Waals surface area contributed by atoms with Crippen LogP contribution in [0.1, 0.15) is 85.0 Å². The molecule has 0 radical (unpaired) electrons. The van der Waals surface area contributed by atoms with Crippen molar-refractivity contribution in [3.8, 4) is 5.95 Å². The monoisotopic (exact) mass is 469 g/mol. The van der Waals surface area contributed by atoms with Gasteiger partial charge in [0, 0.05) is 12.6 Å². The van der Waals surface area contributed by atoms with Gasteiger partial charge < -0.3 is 21.5 Å². The molecule has 11 nitrogen and oxygen atoms in total. The number of amides is 1. The van der Waals surface area contributed by atoms with Gasteiger partial charge in [0.25, 0.3) is 11.9 Å². The van der Waals surface area contributed by atoms with Crippen LogP contribution in [0.2, 0.25) is 0 Å². The SMILES string of the molecule is CCc1nn(-c2ncc(C(N)=O)c(NC(N)C(=O)OC3CCCC3)n2)c2c1C(=O)CC(C)(C)C2. The second kappa shape index (κ2) is 9.13. The van der Waals surface area contributed by atoms with E-state index in [-0.39, 0.29) is 34.6 Å². The van der Waals surface area contributed by atoms with Crippen molar-refractivity contribution < 1.29 is 19.1 Å². The summed E-state index contributed by atoms with van der Waals surface area (Å²) in [7, 11) is 0. The molecule has 2 aliphatic carbocycles. The minimum absolute atomic E-state index is 0.00272. The molecule has 1 saturated carbocycles. The van der Waals surface area contributed by atoms with Gasteiger partial charge in [-0.15, -0.1) is 0 Å². The summed E-state index contributed by atoms with van der Waals surface area (Å²) in [5, 5.41) is 7.34. The van der Waals surface area contributed by atoms with Crippen molar-refractivity contribution in [2.75, 3.05) is 5.32 Å². The molecule has 0 saturated heterocycles. The lowest BCUT2D eigenvalue weighted by Crippen LogP contribution is -2.41. The molecule has 0 aromatic carbocycles. The van der Waals surface area contributed by atoms with Crippen LogP contribution in [0.4, 0.5) is 5.82 Å². The van der Waals surface area contributed by atoms with Gasteiger partial charge in [0.2, 0.25) is 0 Å². The maximum atomic E-state index is 12.9. The molecule has 1 fully saturated rings. The lowest BCUT2D eigenvalue weighted by atomic mass is 9.75. The summed E-state index contributed by atoms with van der Waals surface area (Å²) in [4.78, 5) is 46.0. The standard InChI is InChI=1S/C23H31N7O4/c1-4-14-17-15(9-23(2,3)10-16(17)31)30(29-14)22-26-11-13(19(25)32)20(28-22)27-18(24)21(33)34-12-7-5-6-8-12/h11-12,18H,4-10,24H2,1-3H3,(H2,25,32)(H,26,27,28). The largest absolute Gasteiger partial charge is 0.460 e. The molecular weight excluding hydrogens is 438 g/mol. The number of carbonyl (C=O) groups excluding carboxylic acids is 3. The second-order valence-electron chi connectivity index (χ2n) is 9.74. The Morgan fingerprint density at radius 3 is 2.65 bits per heavy atom. The number of esters is 1. The number of rotatable bonds is 7. The molecule has 4 rings (SSSR count). The molecule has 2 heterocycles. The normalized spacial score (nSPS) is 18.4. The number of hydrogen-bond donors (Lipinski definition) is 3. The van der Waals surface area contributed by atoms with Crippen LogP contribution >= 0.6 is 0 Å². The number of aromatic nitrogens is 4. The van der Waals surface area contributed by atoms with Gasteiger partial charge in [-0.1, -0.05) is 20.8 Å². The Kier molecular flexibility index (Phi) is 6.39. The fraction of sp³-hybridized carbons (Fsp3) is 0.565. The van der Waals surface area contributed by atoms with Crippen LogP contribution in [-0.4, -0.2) is 49.7 Å². The average molecular weight is 470 g/mol. The molecular formula is C23H31N7O4. The Morgan fingerprint density at radius 1 is 1.29 bits per heavy atom. The summed E-state index contributed by atoms with van der Waals surface area (Å²) >= 11 is 0. The zero-order chi connectivity index (χ0) is 24.6. The highest BCUT2D eigenvalue weighted by atomic mass is 16.5. The molecule has 2 aliphatic rings. The molecule has 182 valence electrons. The number of primary amides is 1. The van der Waals surface area contributed by atoms with E-state index in [0.717, 1.165) is 31.4 Å². The lowest BCUT2D eigenvalue weighted by molar-refractivity contribution is -0.149. The maximum absolute atomic E-state index is 12.9. The second-order valence-corrected chi connectivity index (χ2v) is 9.74. The first-order valence-corrected chi connectivity index (χ1v) is 11.6. The first-order chi connectivity index (χ1) is 16.1. The Bertz CT molecular complexity index is 1130. The first kappa shape index (κ1) is 23.8. The predicted molar refractivity (Wildman–Crippen MR) is 123 cm³/mol. The van der Waals surface area contributed by atoms with Crippen molar-refractivity contribution in [3.63, 3.8) is 0 Å². The van der Waals surface area contributed by atoms with Crippen LogP contribution in [0.25, 0.3) is 5.95 Å². The average Bonchev–Trinajstić information content (AvgIpc) is 3.40. The lowest BCUT2D eigenvalue weighted by Gasteiger charge is -2.29. The van der Waals surface area contributed by atoms with E-state index in [9.17, 15) is 14.4 Å².